The van der Waals surface area contributed by atoms with Crippen LogP contribution in [0.2, 0.25) is 5.02 Å². The molecule has 0 aliphatic heterocycles. The van der Waals surface area contributed by atoms with E-state index in [4.69, 9.17) is 11.6 Å². The first-order valence-electron chi connectivity index (χ1n) is 3.84. The van der Waals surface area contributed by atoms with Crippen molar-refractivity contribution in [1.82, 2.24) is 0 Å². The van der Waals surface area contributed by atoms with Crippen LogP contribution in [0, 0.1) is 0 Å². The molecule has 0 heterocycles. The smallest absolute Gasteiger partial charge is 0.318 e. The predicted octanol–water partition coefficient (Wildman–Crippen LogP) is 1.62. The maximum absolute atomic E-state index is 11.5. The van der Waals surface area contributed by atoms with Crippen molar-refractivity contribution in [2.24, 2.45) is 0 Å². The van der Waals surface area contributed by atoms with Crippen LogP contribution in [0.4, 0.5) is 0 Å². The van der Waals surface area contributed by atoms with Gasteiger partial charge in [-0.3, -0.25) is 9.00 Å². The van der Waals surface area contributed by atoms with E-state index in [-0.39, 0.29) is 5.75 Å². The quantitative estimate of drug-likeness (QED) is 0.744. The second kappa shape index (κ2) is 5.12. The molecule has 1 aromatic carbocycles. The monoisotopic (exact) mass is 232 g/mol. The number of benzene rings is 1. The SMILES string of the molecule is COC(=O)CS(=O)c1ccc(Cl)cc1. The molecule has 0 aliphatic carbocycles. The number of methoxy groups -OCH3 is 1. The van der Waals surface area contributed by atoms with Crippen molar-refractivity contribution < 1.29 is 13.7 Å². The molecule has 0 saturated carbocycles. The molecule has 0 spiro atoms. The first-order chi connectivity index (χ1) is 6.63. The van der Waals surface area contributed by atoms with Crippen LogP contribution >= 0.6 is 11.6 Å². The average Bonchev–Trinajstić information content (AvgIpc) is 2.18. The van der Waals surface area contributed by atoms with Gasteiger partial charge in [0.05, 0.1) is 17.9 Å². The standard InChI is InChI=1S/C9H9ClO3S/c1-13-9(11)6-14(12)8-4-2-7(10)3-5-8/h2-5H,6H2,1H3. The molecular weight excluding hydrogens is 224 g/mol. The summed E-state index contributed by atoms with van der Waals surface area (Å²) in [5.74, 6) is -0.615. The fourth-order valence-corrected chi connectivity index (χ4v) is 1.90. The number of hydrogen-bond acceptors (Lipinski definition) is 3. The van der Waals surface area contributed by atoms with Gasteiger partial charge in [0.15, 0.2) is 0 Å². The minimum atomic E-state index is -1.35. The summed E-state index contributed by atoms with van der Waals surface area (Å²) >= 11 is 5.66. The third-order valence-electron chi connectivity index (χ3n) is 1.55. The van der Waals surface area contributed by atoms with E-state index in [9.17, 15) is 9.00 Å². The number of ether oxygens (including phenoxy) is 1. The highest BCUT2D eigenvalue weighted by Crippen LogP contribution is 2.12. The Morgan fingerprint density at radius 2 is 2.00 bits per heavy atom. The maximum atomic E-state index is 11.5. The molecule has 0 fully saturated rings. The van der Waals surface area contributed by atoms with Crippen LogP contribution in [-0.4, -0.2) is 23.0 Å². The van der Waals surface area contributed by atoms with E-state index in [1.54, 1.807) is 24.3 Å². The molecule has 0 N–H and O–H groups in total. The molecule has 76 valence electrons. The first-order valence-corrected chi connectivity index (χ1v) is 5.54. The van der Waals surface area contributed by atoms with Gasteiger partial charge in [-0.2, -0.15) is 0 Å². The normalized spacial score (nSPS) is 12.1. The number of carbonyl (C=O) groups excluding carboxylic acids is 1. The summed E-state index contributed by atoms with van der Waals surface area (Å²) in [6.45, 7) is 0. The molecule has 1 unspecified atom stereocenters. The second-order valence-electron chi connectivity index (χ2n) is 2.52. The Balaban J connectivity index is 2.70. The van der Waals surface area contributed by atoms with Gasteiger partial charge in [0.2, 0.25) is 0 Å². The summed E-state index contributed by atoms with van der Waals surface area (Å²) in [6.07, 6.45) is 0. The molecule has 0 aromatic heterocycles. The van der Waals surface area contributed by atoms with Gasteiger partial charge < -0.3 is 4.74 Å². The zero-order valence-electron chi connectivity index (χ0n) is 7.53. The maximum Gasteiger partial charge on any atom is 0.318 e. The highest BCUT2D eigenvalue weighted by atomic mass is 35.5. The first kappa shape index (κ1) is 11.2. The Bertz CT molecular complexity index is 348. The van der Waals surface area contributed by atoms with Crippen molar-refractivity contribution in [1.29, 1.82) is 0 Å². The van der Waals surface area contributed by atoms with Crippen LogP contribution in [0.5, 0.6) is 0 Å². The van der Waals surface area contributed by atoms with E-state index >= 15 is 0 Å². The largest absolute Gasteiger partial charge is 0.468 e. The molecule has 0 radical (unpaired) electrons. The minimum absolute atomic E-state index is 0.127. The van der Waals surface area contributed by atoms with Crippen LogP contribution in [0.25, 0.3) is 0 Å². The van der Waals surface area contributed by atoms with Gasteiger partial charge >= 0.3 is 5.97 Å². The summed E-state index contributed by atoms with van der Waals surface area (Å²) < 4.78 is 15.9. The van der Waals surface area contributed by atoms with Crippen LogP contribution < -0.4 is 0 Å². The van der Waals surface area contributed by atoms with Crippen LogP contribution in [-0.2, 0) is 20.3 Å². The molecule has 1 aromatic rings. The van der Waals surface area contributed by atoms with Gasteiger partial charge in [-0.1, -0.05) is 11.6 Å². The molecule has 5 heteroatoms. The molecular formula is C9H9ClO3S. The van der Waals surface area contributed by atoms with Crippen LogP contribution in [0.3, 0.4) is 0 Å². The highest BCUT2D eigenvalue weighted by molar-refractivity contribution is 7.85. The Kier molecular flexibility index (Phi) is 4.10. The summed E-state index contributed by atoms with van der Waals surface area (Å²) in [5, 5.41) is 0.573. The van der Waals surface area contributed by atoms with Gasteiger partial charge in [0.25, 0.3) is 0 Å². The number of hydrogen-bond donors (Lipinski definition) is 0. The summed E-state index contributed by atoms with van der Waals surface area (Å²) in [7, 11) is -0.0896. The zero-order valence-corrected chi connectivity index (χ0v) is 9.10. The molecule has 0 amide bonds. The Hall–Kier alpha value is -0.870. The predicted molar refractivity (Wildman–Crippen MR) is 54.7 cm³/mol. The average molecular weight is 233 g/mol. The van der Waals surface area contributed by atoms with Crippen molar-refractivity contribution in [3.63, 3.8) is 0 Å². The van der Waals surface area contributed by atoms with E-state index in [1.807, 2.05) is 0 Å². The molecule has 14 heavy (non-hydrogen) atoms. The van der Waals surface area contributed by atoms with Gasteiger partial charge in [0, 0.05) is 9.92 Å². The third kappa shape index (κ3) is 3.12. The molecule has 1 atom stereocenters. The number of halogens is 1. The molecule has 3 nitrogen and oxygen atoms in total. The highest BCUT2D eigenvalue weighted by Gasteiger charge is 2.09. The molecule has 0 aliphatic rings. The number of rotatable bonds is 3. The lowest BCUT2D eigenvalue weighted by Gasteiger charge is -2.00. The lowest BCUT2D eigenvalue weighted by molar-refractivity contribution is -0.137. The van der Waals surface area contributed by atoms with Crippen molar-refractivity contribution >= 4 is 28.4 Å². The lowest BCUT2D eigenvalue weighted by Crippen LogP contribution is -2.11. The van der Waals surface area contributed by atoms with E-state index in [0.29, 0.717) is 9.92 Å². The third-order valence-corrected chi connectivity index (χ3v) is 3.10. The van der Waals surface area contributed by atoms with E-state index in [2.05, 4.69) is 4.74 Å². The molecule has 1 rings (SSSR count). The Morgan fingerprint density at radius 3 is 2.50 bits per heavy atom. The summed E-state index contributed by atoms with van der Waals surface area (Å²) in [4.78, 5) is 11.4. The summed E-state index contributed by atoms with van der Waals surface area (Å²) in [5.41, 5.74) is 0. The van der Waals surface area contributed by atoms with E-state index in [0.717, 1.165) is 0 Å². The Labute approximate surface area is 89.5 Å². The van der Waals surface area contributed by atoms with Crippen molar-refractivity contribution in [3.8, 4) is 0 Å². The van der Waals surface area contributed by atoms with E-state index in [1.165, 1.54) is 7.11 Å². The van der Waals surface area contributed by atoms with Gasteiger partial charge in [0.1, 0.15) is 5.75 Å². The Morgan fingerprint density at radius 1 is 1.43 bits per heavy atom. The lowest BCUT2D eigenvalue weighted by atomic mass is 10.4. The topological polar surface area (TPSA) is 43.4 Å². The van der Waals surface area contributed by atoms with Crippen LogP contribution in [0.1, 0.15) is 0 Å². The minimum Gasteiger partial charge on any atom is -0.468 e. The van der Waals surface area contributed by atoms with Crippen LogP contribution in [0.15, 0.2) is 29.2 Å². The van der Waals surface area contributed by atoms with E-state index < -0.39 is 16.8 Å². The molecule has 0 bridgehead atoms. The summed E-state index contributed by atoms with van der Waals surface area (Å²) in [6, 6.07) is 6.51. The van der Waals surface area contributed by atoms with Crippen molar-refractivity contribution in [2.75, 3.05) is 12.9 Å². The van der Waals surface area contributed by atoms with Gasteiger partial charge in [-0.15, -0.1) is 0 Å². The number of esters is 1. The zero-order chi connectivity index (χ0) is 10.6. The molecule has 0 saturated heterocycles. The van der Waals surface area contributed by atoms with Gasteiger partial charge in [-0.25, -0.2) is 0 Å². The number of carbonyl (C=O) groups is 1. The fourth-order valence-electron chi connectivity index (χ4n) is 0.836. The fraction of sp³-hybridized carbons (Fsp3) is 0.222. The van der Waals surface area contributed by atoms with Gasteiger partial charge in [-0.05, 0) is 24.3 Å². The van der Waals surface area contributed by atoms with Crippen molar-refractivity contribution in [2.45, 2.75) is 4.90 Å². The van der Waals surface area contributed by atoms with Crippen molar-refractivity contribution in [3.05, 3.63) is 29.3 Å². The second-order valence-corrected chi connectivity index (χ2v) is 4.41.